The van der Waals surface area contributed by atoms with Crippen molar-refractivity contribution in [3.05, 3.63) is 82.3 Å². The van der Waals surface area contributed by atoms with Gasteiger partial charge in [0.05, 0.1) is 12.4 Å². The van der Waals surface area contributed by atoms with Gasteiger partial charge in [-0.05, 0) is 60.2 Å². The molecule has 0 bridgehead atoms. The van der Waals surface area contributed by atoms with Gasteiger partial charge in [-0.2, -0.15) is 0 Å². The van der Waals surface area contributed by atoms with Crippen LogP contribution in [0.3, 0.4) is 0 Å². The lowest BCUT2D eigenvalue weighted by Crippen LogP contribution is -2.30. The zero-order valence-electron chi connectivity index (χ0n) is 16.8. The Hall–Kier alpha value is -2.19. The summed E-state index contributed by atoms with van der Waals surface area (Å²) in [6.45, 7) is 1.79. The fourth-order valence-electron chi connectivity index (χ4n) is 3.76. The maximum Gasteiger partial charge on any atom is 0.260 e. The fraction of sp³-hybridized carbons (Fsp3) is 0.318. The first-order chi connectivity index (χ1) is 14.4. The van der Waals surface area contributed by atoms with E-state index in [2.05, 4.69) is 27.2 Å². The van der Waals surface area contributed by atoms with E-state index in [1.807, 2.05) is 30.3 Å². The van der Waals surface area contributed by atoms with Gasteiger partial charge in [0.2, 0.25) is 0 Å². The maximum atomic E-state index is 13.0. The molecule has 0 saturated carbocycles. The van der Waals surface area contributed by atoms with Gasteiger partial charge in [-0.25, -0.2) is 18.1 Å². The Morgan fingerprint density at radius 3 is 2.73 bits per heavy atom. The minimum absolute atomic E-state index is 0.0162. The Bertz CT molecular complexity index is 1130. The van der Waals surface area contributed by atoms with Crippen LogP contribution in [0.5, 0.6) is 0 Å². The standard InChI is InChI=1S/C22H25ClN4O2S/c1-27-14-22(25-15-27)30(28,29)26-21(11-16-4-8-20(23)9-5-16)18-7-6-17-3-2-10-24-13-19(17)12-18/h4-9,12,14-15,21,24,26H,2-3,10-11,13H2,1H3. The third-order valence-corrected chi connectivity index (χ3v) is 6.96. The molecule has 30 heavy (non-hydrogen) atoms. The smallest absolute Gasteiger partial charge is 0.260 e. The number of sulfonamides is 1. The third kappa shape index (κ3) is 4.92. The Balaban J connectivity index is 1.68. The predicted octanol–water partition coefficient (Wildman–Crippen LogP) is 3.37. The number of nitrogens with one attached hydrogen (secondary N) is 2. The van der Waals surface area contributed by atoms with Gasteiger partial charge in [0.25, 0.3) is 10.0 Å². The summed E-state index contributed by atoms with van der Waals surface area (Å²) in [5.41, 5.74) is 4.48. The van der Waals surface area contributed by atoms with E-state index in [1.54, 1.807) is 11.6 Å². The van der Waals surface area contributed by atoms with Crippen LogP contribution in [0.15, 0.2) is 60.0 Å². The molecule has 158 valence electrons. The molecule has 0 saturated heterocycles. The number of rotatable bonds is 6. The van der Waals surface area contributed by atoms with Crippen molar-refractivity contribution in [3.63, 3.8) is 0 Å². The molecule has 2 aromatic carbocycles. The molecule has 0 spiro atoms. The Kier molecular flexibility index (Phi) is 6.24. The maximum absolute atomic E-state index is 13.0. The van der Waals surface area contributed by atoms with Crippen molar-refractivity contribution in [2.24, 2.45) is 7.05 Å². The van der Waals surface area contributed by atoms with Crippen molar-refractivity contribution in [2.75, 3.05) is 6.54 Å². The van der Waals surface area contributed by atoms with Gasteiger partial charge in [0.1, 0.15) is 0 Å². The summed E-state index contributed by atoms with van der Waals surface area (Å²) >= 11 is 6.02. The van der Waals surface area contributed by atoms with Crippen LogP contribution in [0.25, 0.3) is 0 Å². The number of fused-ring (bicyclic) bond motifs is 1. The van der Waals surface area contributed by atoms with E-state index in [9.17, 15) is 8.42 Å². The molecule has 8 heteroatoms. The van der Waals surface area contributed by atoms with E-state index >= 15 is 0 Å². The normalized spacial score (nSPS) is 15.4. The zero-order chi connectivity index (χ0) is 21.1. The summed E-state index contributed by atoms with van der Waals surface area (Å²) in [6.07, 6.45) is 5.63. The van der Waals surface area contributed by atoms with Crippen LogP contribution in [-0.4, -0.2) is 24.5 Å². The number of benzene rings is 2. The lowest BCUT2D eigenvalue weighted by Gasteiger charge is -2.20. The highest BCUT2D eigenvalue weighted by molar-refractivity contribution is 7.89. The summed E-state index contributed by atoms with van der Waals surface area (Å²) < 4.78 is 30.5. The second-order valence-corrected chi connectivity index (χ2v) is 9.79. The summed E-state index contributed by atoms with van der Waals surface area (Å²) in [5.74, 6) is 0. The van der Waals surface area contributed by atoms with Crippen molar-refractivity contribution in [2.45, 2.75) is 36.9 Å². The highest BCUT2D eigenvalue weighted by Gasteiger charge is 2.24. The number of nitrogens with zero attached hydrogens (tertiary/aromatic N) is 2. The molecule has 0 radical (unpaired) electrons. The monoisotopic (exact) mass is 444 g/mol. The molecule has 1 aliphatic heterocycles. The number of aryl methyl sites for hydroxylation is 2. The zero-order valence-corrected chi connectivity index (χ0v) is 18.4. The summed E-state index contributed by atoms with van der Waals surface area (Å²) in [5, 5.41) is 4.11. The van der Waals surface area contributed by atoms with Gasteiger partial charge in [0, 0.05) is 24.8 Å². The van der Waals surface area contributed by atoms with E-state index in [-0.39, 0.29) is 5.03 Å². The molecule has 3 aromatic rings. The summed E-state index contributed by atoms with van der Waals surface area (Å²) in [6, 6.07) is 13.4. The highest BCUT2D eigenvalue weighted by Crippen LogP contribution is 2.26. The van der Waals surface area contributed by atoms with Crippen LogP contribution in [0.2, 0.25) is 5.02 Å². The fourth-order valence-corrected chi connectivity index (χ4v) is 5.09. The average Bonchev–Trinajstić information content (AvgIpc) is 3.03. The molecular weight excluding hydrogens is 420 g/mol. The molecular formula is C22H25ClN4O2S. The number of hydrogen-bond donors (Lipinski definition) is 2. The van der Waals surface area contributed by atoms with Crippen LogP contribution >= 0.6 is 11.6 Å². The molecule has 1 aliphatic rings. The van der Waals surface area contributed by atoms with E-state index in [0.717, 1.165) is 37.1 Å². The molecule has 1 unspecified atom stereocenters. The van der Waals surface area contributed by atoms with Crippen molar-refractivity contribution < 1.29 is 8.42 Å². The molecule has 2 heterocycles. The van der Waals surface area contributed by atoms with Gasteiger partial charge < -0.3 is 9.88 Å². The van der Waals surface area contributed by atoms with Crippen molar-refractivity contribution in [1.82, 2.24) is 19.6 Å². The highest BCUT2D eigenvalue weighted by atomic mass is 35.5. The number of imidazole rings is 1. The molecule has 1 aromatic heterocycles. The van der Waals surface area contributed by atoms with Crippen molar-refractivity contribution in [1.29, 1.82) is 0 Å². The number of hydrogen-bond acceptors (Lipinski definition) is 4. The van der Waals surface area contributed by atoms with E-state index in [4.69, 9.17) is 11.6 Å². The van der Waals surface area contributed by atoms with Crippen molar-refractivity contribution in [3.8, 4) is 0 Å². The van der Waals surface area contributed by atoms with Crippen LogP contribution in [0, 0.1) is 0 Å². The van der Waals surface area contributed by atoms with Crippen LogP contribution in [-0.2, 0) is 36.5 Å². The minimum Gasteiger partial charge on any atom is -0.339 e. The Labute approximate surface area is 182 Å². The predicted molar refractivity (Wildman–Crippen MR) is 118 cm³/mol. The van der Waals surface area contributed by atoms with Crippen LogP contribution in [0.1, 0.15) is 34.7 Å². The minimum atomic E-state index is -3.77. The van der Waals surface area contributed by atoms with E-state index in [1.165, 1.54) is 23.7 Å². The SMILES string of the molecule is Cn1cnc(S(=O)(=O)NC(Cc2ccc(Cl)cc2)c2ccc3c(c2)CNCCC3)c1. The molecule has 4 rings (SSSR count). The van der Waals surface area contributed by atoms with Crippen LogP contribution in [0.4, 0.5) is 0 Å². The topological polar surface area (TPSA) is 76.0 Å². The van der Waals surface area contributed by atoms with E-state index in [0.29, 0.717) is 11.4 Å². The van der Waals surface area contributed by atoms with Gasteiger partial charge >= 0.3 is 0 Å². The Morgan fingerprint density at radius 1 is 1.20 bits per heavy atom. The first-order valence-electron chi connectivity index (χ1n) is 9.98. The summed E-state index contributed by atoms with van der Waals surface area (Å²) in [7, 11) is -2.02. The third-order valence-electron chi connectivity index (χ3n) is 5.35. The van der Waals surface area contributed by atoms with Gasteiger partial charge in [-0.15, -0.1) is 0 Å². The lowest BCUT2D eigenvalue weighted by atomic mass is 9.95. The molecule has 1 atom stereocenters. The second-order valence-electron chi connectivity index (χ2n) is 7.69. The average molecular weight is 445 g/mol. The molecule has 6 nitrogen and oxygen atoms in total. The molecule has 0 aliphatic carbocycles. The largest absolute Gasteiger partial charge is 0.339 e. The number of halogens is 1. The lowest BCUT2D eigenvalue weighted by molar-refractivity contribution is 0.551. The number of aromatic nitrogens is 2. The van der Waals surface area contributed by atoms with Gasteiger partial charge in [-0.1, -0.05) is 41.9 Å². The molecule has 0 fully saturated rings. The van der Waals surface area contributed by atoms with E-state index < -0.39 is 16.1 Å². The van der Waals surface area contributed by atoms with Crippen molar-refractivity contribution >= 4 is 21.6 Å². The quantitative estimate of drug-likeness (QED) is 0.611. The first-order valence-corrected chi connectivity index (χ1v) is 11.8. The molecule has 2 N–H and O–H groups in total. The second kappa shape index (κ2) is 8.89. The van der Waals surface area contributed by atoms with Gasteiger partial charge in [-0.3, -0.25) is 0 Å². The Morgan fingerprint density at radius 2 is 2.00 bits per heavy atom. The summed E-state index contributed by atoms with van der Waals surface area (Å²) in [4.78, 5) is 4.02. The molecule has 0 amide bonds. The first kappa shape index (κ1) is 21.1. The van der Waals surface area contributed by atoms with Gasteiger partial charge in [0.15, 0.2) is 5.03 Å². The van der Waals surface area contributed by atoms with Crippen LogP contribution < -0.4 is 10.0 Å².